The Labute approximate surface area is 173 Å². The number of amides is 1. The van der Waals surface area contributed by atoms with Gasteiger partial charge in [0.1, 0.15) is 11.9 Å². The fourth-order valence-corrected chi connectivity index (χ4v) is 3.86. The second-order valence-corrected chi connectivity index (χ2v) is 7.63. The van der Waals surface area contributed by atoms with Crippen LogP contribution in [-0.2, 0) is 9.47 Å². The van der Waals surface area contributed by atoms with Crippen molar-refractivity contribution in [2.75, 3.05) is 50.9 Å². The Kier molecular flexibility index (Phi) is 6.01. The molecular weight excluding hydrogens is 401 g/mol. The van der Waals surface area contributed by atoms with Crippen LogP contribution in [0.4, 0.5) is 5.82 Å². The predicted octanol–water partition coefficient (Wildman–Crippen LogP) is 3.44. The van der Waals surface area contributed by atoms with Crippen LogP contribution in [0.5, 0.6) is 0 Å². The normalized spacial score (nSPS) is 20.3. The molecule has 2 saturated heterocycles. The highest BCUT2D eigenvalue weighted by atomic mass is 35.5. The molecule has 28 heavy (non-hydrogen) atoms. The molecule has 0 N–H and O–H groups in total. The smallest absolute Gasteiger partial charge is 0.255 e. The average Bonchev–Trinajstić information content (AvgIpc) is 2.74. The molecule has 4 rings (SSSR count). The first-order valence-corrected chi connectivity index (χ1v) is 10.0. The van der Waals surface area contributed by atoms with Gasteiger partial charge in [0.25, 0.3) is 5.91 Å². The summed E-state index contributed by atoms with van der Waals surface area (Å²) in [6.07, 6.45) is 1.52. The molecule has 8 heteroatoms. The zero-order valence-electron chi connectivity index (χ0n) is 15.3. The Morgan fingerprint density at radius 2 is 1.82 bits per heavy atom. The Morgan fingerprint density at radius 3 is 2.54 bits per heavy atom. The highest BCUT2D eigenvalue weighted by molar-refractivity contribution is 6.33. The van der Waals surface area contributed by atoms with Crippen LogP contribution < -0.4 is 4.90 Å². The van der Waals surface area contributed by atoms with E-state index in [-0.39, 0.29) is 12.0 Å². The molecule has 3 heterocycles. The summed E-state index contributed by atoms with van der Waals surface area (Å²) in [5.41, 5.74) is 1.56. The van der Waals surface area contributed by atoms with Crippen molar-refractivity contribution in [3.8, 4) is 0 Å². The van der Waals surface area contributed by atoms with E-state index in [2.05, 4.69) is 9.88 Å². The van der Waals surface area contributed by atoms with Gasteiger partial charge in [-0.05, 0) is 23.8 Å². The van der Waals surface area contributed by atoms with E-state index in [1.807, 2.05) is 24.3 Å². The van der Waals surface area contributed by atoms with E-state index in [1.54, 1.807) is 17.2 Å². The molecule has 1 atom stereocenters. The minimum atomic E-state index is -0.0847. The van der Waals surface area contributed by atoms with Gasteiger partial charge in [0.05, 0.1) is 30.4 Å². The standard InChI is InChI=1S/C20H21Cl2N3O3/c21-16-3-1-14(2-4-16)18-13-25(7-10-28-18)19-17(22)11-15(12-23-19)20(26)24-5-8-27-9-6-24/h1-4,11-12,18H,5-10,13H2. The zero-order valence-corrected chi connectivity index (χ0v) is 16.8. The first-order valence-electron chi connectivity index (χ1n) is 9.26. The quantitative estimate of drug-likeness (QED) is 0.759. The first kappa shape index (κ1) is 19.5. The van der Waals surface area contributed by atoms with E-state index in [4.69, 9.17) is 32.7 Å². The third kappa shape index (κ3) is 4.25. The van der Waals surface area contributed by atoms with Crippen LogP contribution >= 0.6 is 23.2 Å². The van der Waals surface area contributed by atoms with Crippen molar-refractivity contribution in [2.24, 2.45) is 0 Å². The second-order valence-electron chi connectivity index (χ2n) is 6.79. The molecule has 2 aliphatic heterocycles. The van der Waals surface area contributed by atoms with Crippen LogP contribution in [0.2, 0.25) is 10.0 Å². The van der Waals surface area contributed by atoms with Crippen LogP contribution in [0.15, 0.2) is 36.5 Å². The van der Waals surface area contributed by atoms with Gasteiger partial charge in [-0.2, -0.15) is 0 Å². The number of carbonyl (C=O) groups excluding carboxylic acids is 1. The second kappa shape index (κ2) is 8.66. The molecule has 0 aliphatic carbocycles. The zero-order chi connectivity index (χ0) is 19.5. The lowest BCUT2D eigenvalue weighted by atomic mass is 10.1. The molecule has 2 aromatic rings. The van der Waals surface area contributed by atoms with Gasteiger partial charge in [0.15, 0.2) is 0 Å². The largest absolute Gasteiger partial charge is 0.378 e. The summed E-state index contributed by atoms with van der Waals surface area (Å²) in [6.45, 7) is 4.18. The molecule has 1 unspecified atom stereocenters. The van der Waals surface area contributed by atoms with Crippen LogP contribution in [0, 0.1) is 0 Å². The maximum Gasteiger partial charge on any atom is 0.255 e. The number of nitrogens with zero attached hydrogens (tertiary/aromatic N) is 3. The molecule has 0 bridgehead atoms. The van der Waals surface area contributed by atoms with Crippen LogP contribution in [0.3, 0.4) is 0 Å². The number of carbonyl (C=O) groups is 1. The van der Waals surface area contributed by atoms with Crippen molar-refractivity contribution in [3.05, 3.63) is 57.7 Å². The molecule has 1 aromatic carbocycles. The lowest BCUT2D eigenvalue weighted by Crippen LogP contribution is -2.41. The Morgan fingerprint density at radius 1 is 1.07 bits per heavy atom. The maximum absolute atomic E-state index is 12.6. The van der Waals surface area contributed by atoms with E-state index < -0.39 is 0 Å². The summed E-state index contributed by atoms with van der Waals surface area (Å²) >= 11 is 12.5. The van der Waals surface area contributed by atoms with Crippen LogP contribution in [0.25, 0.3) is 0 Å². The summed E-state index contributed by atoms with van der Waals surface area (Å²) in [4.78, 5) is 21.0. The predicted molar refractivity (Wildman–Crippen MR) is 108 cm³/mol. The van der Waals surface area contributed by atoms with Crippen LogP contribution in [-0.4, -0.2) is 61.8 Å². The van der Waals surface area contributed by atoms with Crippen LogP contribution in [0.1, 0.15) is 22.0 Å². The van der Waals surface area contributed by atoms with E-state index >= 15 is 0 Å². The maximum atomic E-state index is 12.6. The molecule has 1 amide bonds. The van der Waals surface area contributed by atoms with Crippen molar-refractivity contribution < 1.29 is 14.3 Å². The van der Waals surface area contributed by atoms with Crippen molar-refractivity contribution in [2.45, 2.75) is 6.10 Å². The average molecular weight is 422 g/mol. The third-order valence-corrected chi connectivity index (χ3v) is 5.50. The summed E-state index contributed by atoms with van der Waals surface area (Å²) in [5, 5.41) is 1.16. The summed E-state index contributed by atoms with van der Waals surface area (Å²) in [5.74, 6) is 0.604. The molecule has 0 radical (unpaired) electrons. The fraction of sp³-hybridized carbons (Fsp3) is 0.400. The van der Waals surface area contributed by atoms with E-state index in [1.165, 1.54) is 0 Å². The lowest BCUT2D eigenvalue weighted by Gasteiger charge is -2.34. The Balaban J connectivity index is 1.49. The Bertz CT molecular complexity index is 841. The number of halogens is 2. The molecule has 0 spiro atoms. The minimum absolute atomic E-state index is 0.0646. The number of benzene rings is 1. The lowest BCUT2D eigenvalue weighted by molar-refractivity contribution is 0.0302. The number of rotatable bonds is 3. The molecule has 6 nitrogen and oxygen atoms in total. The van der Waals surface area contributed by atoms with Gasteiger partial charge in [0, 0.05) is 37.4 Å². The Hall–Kier alpha value is -1.86. The van der Waals surface area contributed by atoms with Crippen molar-refractivity contribution in [3.63, 3.8) is 0 Å². The van der Waals surface area contributed by atoms with E-state index in [9.17, 15) is 4.79 Å². The van der Waals surface area contributed by atoms with Gasteiger partial charge >= 0.3 is 0 Å². The molecule has 0 saturated carbocycles. The fourth-order valence-electron chi connectivity index (χ4n) is 3.45. The molecule has 148 valence electrons. The molecule has 2 fully saturated rings. The van der Waals surface area contributed by atoms with Gasteiger partial charge in [0.2, 0.25) is 0 Å². The number of hydrogen-bond donors (Lipinski definition) is 0. The number of hydrogen-bond acceptors (Lipinski definition) is 5. The first-order chi connectivity index (χ1) is 13.6. The van der Waals surface area contributed by atoms with Crippen molar-refractivity contribution in [1.82, 2.24) is 9.88 Å². The number of pyridine rings is 1. The highest BCUT2D eigenvalue weighted by Gasteiger charge is 2.26. The van der Waals surface area contributed by atoms with Gasteiger partial charge in [-0.15, -0.1) is 0 Å². The molecular formula is C20H21Cl2N3O3. The SMILES string of the molecule is O=C(c1cnc(N2CCOC(c3ccc(Cl)cc3)C2)c(Cl)c1)N1CCOCC1. The van der Waals surface area contributed by atoms with E-state index in [0.29, 0.717) is 67.4 Å². The number of morpholine rings is 2. The van der Waals surface area contributed by atoms with Gasteiger partial charge in [-0.25, -0.2) is 4.98 Å². The topological polar surface area (TPSA) is 54.9 Å². The summed E-state index contributed by atoms with van der Waals surface area (Å²) < 4.78 is 11.2. The molecule has 1 aromatic heterocycles. The van der Waals surface area contributed by atoms with Gasteiger partial charge in [-0.1, -0.05) is 35.3 Å². The number of aromatic nitrogens is 1. The number of anilines is 1. The molecule has 2 aliphatic rings. The monoisotopic (exact) mass is 421 g/mol. The van der Waals surface area contributed by atoms with Crippen molar-refractivity contribution in [1.29, 1.82) is 0 Å². The summed E-state index contributed by atoms with van der Waals surface area (Å²) in [7, 11) is 0. The van der Waals surface area contributed by atoms with Gasteiger partial charge < -0.3 is 19.3 Å². The summed E-state index contributed by atoms with van der Waals surface area (Å²) in [6, 6.07) is 9.35. The van der Waals surface area contributed by atoms with E-state index in [0.717, 1.165) is 5.56 Å². The highest BCUT2D eigenvalue weighted by Crippen LogP contribution is 2.30. The third-order valence-electron chi connectivity index (χ3n) is 4.97. The minimum Gasteiger partial charge on any atom is -0.378 e. The number of ether oxygens (including phenoxy) is 2. The van der Waals surface area contributed by atoms with Crippen molar-refractivity contribution >= 4 is 34.9 Å². The van der Waals surface area contributed by atoms with Gasteiger partial charge in [-0.3, -0.25) is 4.79 Å².